The van der Waals surface area contributed by atoms with Gasteiger partial charge in [-0.05, 0) is 57.8 Å². The van der Waals surface area contributed by atoms with Crippen molar-refractivity contribution >= 4 is 5.96 Å². The highest BCUT2D eigenvalue weighted by Gasteiger charge is 2.10. The molecule has 4 heteroatoms. The minimum absolute atomic E-state index is 0.442. The minimum Gasteiger partial charge on any atom is -0.357 e. The van der Waals surface area contributed by atoms with Gasteiger partial charge in [0.2, 0.25) is 0 Å². The van der Waals surface area contributed by atoms with E-state index in [0.29, 0.717) is 5.92 Å². The van der Waals surface area contributed by atoms with E-state index in [-0.39, 0.29) is 0 Å². The molecule has 1 fully saturated rings. The Morgan fingerprint density at radius 2 is 1.88 bits per heavy atom. The van der Waals surface area contributed by atoms with E-state index in [1.165, 1.54) is 50.9 Å². The summed E-state index contributed by atoms with van der Waals surface area (Å²) in [5.41, 5.74) is 1.35. The van der Waals surface area contributed by atoms with Crippen molar-refractivity contribution in [2.24, 2.45) is 4.99 Å². The number of unbranched alkanes of at least 4 members (excludes halogenated alkanes) is 1. The quantitative estimate of drug-likeness (QED) is 0.415. The van der Waals surface area contributed by atoms with Gasteiger partial charge in [-0.3, -0.25) is 4.99 Å². The third-order valence-corrected chi connectivity index (χ3v) is 4.63. The molecule has 134 valence electrons. The molecule has 0 aliphatic carbocycles. The van der Waals surface area contributed by atoms with Crippen LogP contribution in [0, 0.1) is 0 Å². The molecule has 0 bridgehead atoms. The number of nitrogens with one attached hydrogen (secondary N) is 2. The summed E-state index contributed by atoms with van der Waals surface area (Å²) in [6.07, 6.45) is 5.24. The van der Waals surface area contributed by atoms with Gasteiger partial charge in [0.1, 0.15) is 0 Å². The van der Waals surface area contributed by atoms with Crippen LogP contribution in [0.2, 0.25) is 0 Å². The summed E-state index contributed by atoms with van der Waals surface area (Å²) in [5.74, 6) is 1.39. The first-order chi connectivity index (χ1) is 11.8. The van der Waals surface area contributed by atoms with Crippen LogP contribution in [-0.2, 0) is 0 Å². The zero-order valence-electron chi connectivity index (χ0n) is 15.4. The van der Waals surface area contributed by atoms with Gasteiger partial charge in [-0.2, -0.15) is 0 Å². The largest absolute Gasteiger partial charge is 0.357 e. The van der Waals surface area contributed by atoms with Crippen LogP contribution in [0.5, 0.6) is 0 Å². The van der Waals surface area contributed by atoms with Crippen molar-refractivity contribution in [1.82, 2.24) is 15.5 Å². The van der Waals surface area contributed by atoms with Gasteiger partial charge in [0.25, 0.3) is 0 Å². The highest BCUT2D eigenvalue weighted by molar-refractivity contribution is 5.79. The molecule has 1 aromatic carbocycles. The van der Waals surface area contributed by atoms with Gasteiger partial charge in [0, 0.05) is 25.6 Å². The van der Waals surface area contributed by atoms with E-state index in [4.69, 9.17) is 4.99 Å². The average molecular weight is 331 g/mol. The maximum atomic E-state index is 4.75. The van der Waals surface area contributed by atoms with E-state index in [1.807, 2.05) is 0 Å². The smallest absolute Gasteiger partial charge is 0.191 e. The summed E-state index contributed by atoms with van der Waals surface area (Å²) in [4.78, 5) is 7.33. The molecule has 0 aromatic heterocycles. The van der Waals surface area contributed by atoms with Crippen molar-refractivity contribution in [2.45, 2.75) is 45.4 Å². The lowest BCUT2D eigenvalue weighted by Gasteiger charge is -2.16. The number of hydrogen-bond acceptors (Lipinski definition) is 2. The second-order valence-corrected chi connectivity index (χ2v) is 6.71. The highest BCUT2D eigenvalue weighted by Crippen LogP contribution is 2.14. The summed E-state index contributed by atoms with van der Waals surface area (Å²) >= 11 is 0. The van der Waals surface area contributed by atoms with E-state index in [9.17, 15) is 0 Å². The maximum absolute atomic E-state index is 4.75. The number of aliphatic imine (C=N–C) groups is 1. The monoisotopic (exact) mass is 330 g/mol. The van der Waals surface area contributed by atoms with Crippen LogP contribution in [0.4, 0.5) is 0 Å². The van der Waals surface area contributed by atoms with E-state index < -0.39 is 0 Å². The topological polar surface area (TPSA) is 39.7 Å². The minimum atomic E-state index is 0.442. The van der Waals surface area contributed by atoms with Crippen LogP contribution < -0.4 is 10.6 Å². The Hall–Kier alpha value is -1.55. The van der Waals surface area contributed by atoms with Gasteiger partial charge in [-0.1, -0.05) is 37.3 Å². The normalized spacial score (nSPS) is 17.0. The highest BCUT2D eigenvalue weighted by atomic mass is 15.2. The van der Waals surface area contributed by atoms with Crippen molar-refractivity contribution in [2.75, 3.05) is 39.3 Å². The number of nitrogens with zero attached hydrogens (tertiary/aromatic N) is 2. The SMILES string of the molecule is CCNC(=NCC(C)c1ccccc1)NCCCCN1CCCC1. The summed E-state index contributed by atoms with van der Waals surface area (Å²) < 4.78 is 0. The van der Waals surface area contributed by atoms with Crippen LogP contribution in [-0.4, -0.2) is 50.1 Å². The molecule has 0 amide bonds. The molecule has 1 aliphatic heterocycles. The zero-order valence-corrected chi connectivity index (χ0v) is 15.4. The van der Waals surface area contributed by atoms with Crippen molar-refractivity contribution in [3.05, 3.63) is 35.9 Å². The lowest BCUT2D eigenvalue weighted by Crippen LogP contribution is -2.38. The molecule has 0 saturated carbocycles. The third kappa shape index (κ3) is 6.91. The molecule has 1 heterocycles. The third-order valence-electron chi connectivity index (χ3n) is 4.63. The molecule has 1 saturated heterocycles. The van der Waals surface area contributed by atoms with Crippen molar-refractivity contribution in [3.8, 4) is 0 Å². The summed E-state index contributed by atoms with van der Waals surface area (Å²) in [5, 5.41) is 6.82. The molecule has 2 N–H and O–H groups in total. The predicted molar refractivity (Wildman–Crippen MR) is 104 cm³/mol. The van der Waals surface area contributed by atoms with E-state index >= 15 is 0 Å². The van der Waals surface area contributed by atoms with E-state index in [2.05, 4.69) is 59.7 Å². The van der Waals surface area contributed by atoms with Crippen LogP contribution in [0.15, 0.2) is 35.3 Å². The number of likely N-dealkylation sites (tertiary alicyclic amines) is 1. The Morgan fingerprint density at radius 3 is 2.58 bits per heavy atom. The molecule has 1 aromatic rings. The first-order valence-electron chi connectivity index (χ1n) is 9.59. The van der Waals surface area contributed by atoms with Crippen LogP contribution in [0.3, 0.4) is 0 Å². The molecule has 0 spiro atoms. The first kappa shape index (κ1) is 18.8. The molecule has 1 unspecified atom stereocenters. The molecule has 4 nitrogen and oxygen atoms in total. The number of rotatable bonds is 9. The van der Waals surface area contributed by atoms with Gasteiger partial charge in [0.15, 0.2) is 5.96 Å². The molecule has 24 heavy (non-hydrogen) atoms. The summed E-state index contributed by atoms with van der Waals surface area (Å²) in [6, 6.07) is 10.6. The maximum Gasteiger partial charge on any atom is 0.191 e. The van der Waals surface area contributed by atoms with Gasteiger partial charge in [-0.25, -0.2) is 0 Å². The van der Waals surface area contributed by atoms with Gasteiger partial charge >= 0.3 is 0 Å². The Morgan fingerprint density at radius 1 is 1.12 bits per heavy atom. The second kappa shape index (κ2) is 11.1. The van der Waals surface area contributed by atoms with E-state index in [1.54, 1.807) is 0 Å². The predicted octanol–water partition coefficient (Wildman–Crippen LogP) is 3.22. The molecule has 1 atom stereocenters. The van der Waals surface area contributed by atoms with Crippen molar-refractivity contribution in [3.63, 3.8) is 0 Å². The van der Waals surface area contributed by atoms with Crippen LogP contribution in [0.25, 0.3) is 0 Å². The summed E-state index contributed by atoms with van der Waals surface area (Å²) in [6.45, 7) is 10.9. The molecule has 2 rings (SSSR count). The Kier molecular flexibility index (Phi) is 8.67. The van der Waals surface area contributed by atoms with Gasteiger partial charge < -0.3 is 15.5 Å². The van der Waals surface area contributed by atoms with E-state index in [0.717, 1.165) is 25.6 Å². The Labute approximate surface area is 147 Å². The van der Waals surface area contributed by atoms with Crippen LogP contribution in [0.1, 0.15) is 51.0 Å². The van der Waals surface area contributed by atoms with Crippen molar-refractivity contribution in [1.29, 1.82) is 0 Å². The first-order valence-corrected chi connectivity index (χ1v) is 9.59. The fourth-order valence-electron chi connectivity index (χ4n) is 3.13. The number of benzene rings is 1. The molecular weight excluding hydrogens is 296 g/mol. The standard InChI is InChI=1S/C20H34N4/c1-3-21-20(22-13-7-8-14-24-15-9-10-16-24)23-17-18(2)19-11-5-4-6-12-19/h4-6,11-12,18H,3,7-10,13-17H2,1-2H3,(H2,21,22,23). The van der Waals surface area contributed by atoms with Gasteiger partial charge in [-0.15, -0.1) is 0 Å². The Balaban J connectivity index is 1.67. The Bertz CT molecular complexity index is 466. The number of guanidine groups is 1. The second-order valence-electron chi connectivity index (χ2n) is 6.71. The zero-order chi connectivity index (χ0) is 17.0. The summed E-state index contributed by atoms with van der Waals surface area (Å²) in [7, 11) is 0. The molecule has 0 radical (unpaired) electrons. The molecule has 1 aliphatic rings. The average Bonchev–Trinajstić information content (AvgIpc) is 3.13. The lowest BCUT2D eigenvalue weighted by atomic mass is 10.0. The van der Waals surface area contributed by atoms with Crippen molar-refractivity contribution < 1.29 is 0 Å². The lowest BCUT2D eigenvalue weighted by molar-refractivity contribution is 0.330. The van der Waals surface area contributed by atoms with Crippen LogP contribution >= 0.6 is 0 Å². The van der Waals surface area contributed by atoms with Gasteiger partial charge in [0.05, 0.1) is 0 Å². The molecular formula is C20H34N4. The fraction of sp³-hybridized carbons (Fsp3) is 0.650. The fourth-order valence-corrected chi connectivity index (χ4v) is 3.13. The number of hydrogen-bond donors (Lipinski definition) is 2.